The van der Waals surface area contributed by atoms with E-state index in [1.165, 1.54) is 11.8 Å². The topological polar surface area (TPSA) is 76.8 Å². The lowest BCUT2D eigenvalue weighted by atomic mass is 9.91. The fourth-order valence-electron chi connectivity index (χ4n) is 4.34. The zero-order chi connectivity index (χ0) is 23.7. The molecule has 3 aromatic rings. The number of aryl methyl sites for hydroxylation is 2. The number of hydrogen-bond donors (Lipinski definition) is 0. The molecule has 0 aliphatic carbocycles. The van der Waals surface area contributed by atoms with E-state index >= 15 is 0 Å². The molecule has 0 bridgehead atoms. The number of halogens is 2. The molecule has 3 heterocycles. The fourth-order valence-corrected chi connectivity index (χ4v) is 5.79. The molecule has 1 aliphatic rings. The molecule has 1 aromatic carbocycles. The first-order valence-electron chi connectivity index (χ1n) is 10.8. The van der Waals surface area contributed by atoms with E-state index in [0.717, 1.165) is 17.8 Å². The van der Waals surface area contributed by atoms with Crippen molar-refractivity contribution in [2.45, 2.75) is 45.0 Å². The standard InChI is InChI=1S/C23H26Cl2N6OS/c1-13-5-14(2)11-30(10-13)22(32)21-20(12-33-23-26-15(3)6-16(4)27-23)31(29-28-21)19-8-17(24)7-18(25)9-19/h6-9,13-14H,5,10-12H2,1-4H3. The maximum atomic E-state index is 13.5. The molecule has 1 amide bonds. The molecule has 1 fully saturated rings. The van der Waals surface area contributed by atoms with Crippen LogP contribution in [0.3, 0.4) is 0 Å². The number of benzene rings is 1. The largest absolute Gasteiger partial charge is 0.337 e. The molecule has 174 valence electrons. The number of thioether (sulfide) groups is 1. The van der Waals surface area contributed by atoms with Gasteiger partial charge in [-0.3, -0.25) is 4.79 Å². The predicted octanol–water partition coefficient (Wildman–Crippen LogP) is 5.39. The maximum Gasteiger partial charge on any atom is 0.276 e. The molecule has 33 heavy (non-hydrogen) atoms. The van der Waals surface area contributed by atoms with E-state index in [1.807, 2.05) is 24.8 Å². The van der Waals surface area contributed by atoms with Crippen LogP contribution in [0.2, 0.25) is 10.0 Å². The van der Waals surface area contributed by atoms with Crippen molar-refractivity contribution in [3.05, 3.63) is 57.1 Å². The molecule has 7 nitrogen and oxygen atoms in total. The second-order valence-corrected chi connectivity index (χ2v) is 10.6. The average Bonchev–Trinajstić information content (AvgIpc) is 3.13. The number of likely N-dealkylation sites (tertiary alicyclic amines) is 1. The first kappa shape index (κ1) is 24.0. The summed E-state index contributed by atoms with van der Waals surface area (Å²) < 4.78 is 1.64. The van der Waals surface area contributed by atoms with Crippen LogP contribution in [0.5, 0.6) is 0 Å². The number of piperidine rings is 1. The summed E-state index contributed by atoms with van der Waals surface area (Å²) in [5.74, 6) is 1.20. The number of carbonyl (C=O) groups excluding carboxylic acids is 1. The van der Waals surface area contributed by atoms with E-state index in [4.69, 9.17) is 23.2 Å². The zero-order valence-corrected chi connectivity index (χ0v) is 21.4. The van der Waals surface area contributed by atoms with Gasteiger partial charge in [-0.1, -0.05) is 54.0 Å². The van der Waals surface area contributed by atoms with E-state index in [1.54, 1.807) is 22.9 Å². The second-order valence-electron chi connectivity index (χ2n) is 8.80. The molecular formula is C23H26Cl2N6OS. The highest BCUT2D eigenvalue weighted by Gasteiger charge is 2.30. The fraction of sp³-hybridized carbons (Fsp3) is 0.435. The van der Waals surface area contributed by atoms with Crippen molar-refractivity contribution < 1.29 is 4.79 Å². The monoisotopic (exact) mass is 504 g/mol. The third kappa shape index (κ3) is 5.67. The molecule has 0 N–H and O–H groups in total. The lowest BCUT2D eigenvalue weighted by Crippen LogP contribution is -2.43. The van der Waals surface area contributed by atoms with Gasteiger partial charge in [0.15, 0.2) is 10.9 Å². The van der Waals surface area contributed by atoms with Gasteiger partial charge in [0.25, 0.3) is 5.91 Å². The second kappa shape index (κ2) is 9.99. The summed E-state index contributed by atoms with van der Waals surface area (Å²) in [6, 6.07) is 7.09. The van der Waals surface area contributed by atoms with Crippen LogP contribution in [0.4, 0.5) is 0 Å². The van der Waals surface area contributed by atoms with Gasteiger partial charge < -0.3 is 4.90 Å². The van der Waals surface area contributed by atoms with Crippen molar-refractivity contribution in [1.82, 2.24) is 29.9 Å². The van der Waals surface area contributed by atoms with Gasteiger partial charge in [0.2, 0.25) is 0 Å². The van der Waals surface area contributed by atoms with Gasteiger partial charge >= 0.3 is 0 Å². The molecule has 1 aliphatic heterocycles. The van der Waals surface area contributed by atoms with Gasteiger partial charge in [-0.25, -0.2) is 14.6 Å². The van der Waals surface area contributed by atoms with E-state index in [-0.39, 0.29) is 5.91 Å². The Hall–Kier alpha value is -2.16. The third-order valence-corrected chi connectivity index (χ3v) is 6.81. The molecule has 10 heteroatoms. The van der Waals surface area contributed by atoms with Crippen molar-refractivity contribution >= 4 is 40.9 Å². The van der Waals surface area contributed by atoms with Crippen LogP contribution in [0.1, 0.15) is 47.8 Å². The summed E-state index contributed by atoms with van der Waals surface area (Å²) in [4.78, 5) is 24.4. The number of aromatic nitrogens is 5. The molecule has 0 saturated carbocycles. The number of amides is 1. The van der Waals surface area contributed by atoms with E-state index in [2.05, 4.69) is 34.1 Å². The Balaban J connectivity index is 1.71. The van der Waals surface area contributed by atoms with Crippen LogP contribution in [0, 0.1) is 25.7 Å². The molecule has 2 aromatic heterocycles. The Morgan fingerprint density at radius 3 is 2.24 bits per heavy atom. The highest BCUT2D eigenvalue weighted by molar-refractivity contribution is 7.98. The van der Waals surface area contributed by atoms with Gasteiger partial charge in [0.1, 0.15) is 0 Å². The summed E-state index contributed by atoms with van der Waals surface area (Å²) in [6.07, 6.45) is 1.12. The van der Waals surface area contributed by atoms with Crippen LogP contribution >= 0.6 is 35.0 Å². The molecule has 0 spiro atoms. The summed E-state index contributed by atoms with van der Waals surface area (Å²) >= 11 is 13.9. The minimum absolute atomic E-state index is 0.107. The average molecular weight is 505 g/mol. The lowest BCUT2D eigenvalue weighted by Gasteiger charge is -2.34. The van der Waals surface area contributed by atoms with Gasteiger partial charge in [-0.2, -0.15) is 0 Å². The summed E-state index contributed by atoms with van der Waals surface area (Å²) in [7, 11) is 0. The van der Waals surface area contributed by atoms with Crippen molar-refractivity contribution in [3.63, 3.8) is 0 Å². The normalized spacial score (nSPS) is 18.5. The first-order valence-corrected chi connectivity index (χ1v) is 12.6. The van der Waals surface area contributed by atoms with E-state index in [0.29, 0.717) is 63.0 Å². The highest BCUT2D eigenvalue weighted by atomic mass is 35.5. The number of nitrogens with zero attached hydrogens (tertiary/aromatic N) is 6. The van der Waals surface area contributed by atoms with Gasteiger partial charge in [-0.15, -0.1) is 5.10 Å². The highest BCUT2D eigenvalue weighted by Crippen LogP contribution is 2.29. The van der Waals surface area contributed by atoms with Crippen molar-refractivity contribution in [2.24, 2.45) is 11.8 Å². The molecule has 2 unspecified atom stereocenters. The van der Waals surface area contributed by atoms with Crippen LogP contribution in [-0.2, 0) is 5.75 Å². The van der Waals surface area contributed by atoms with Crippen LogP contribution in [0.25, 0.3) is 5.69 Å². The number of rotatable bonds is 5. The summed E-state index contributed by atoms with van der Waals surface area (Å²) in [5, 5.41) is 10.2. The van der Waals surface area contributed by atoms with Crippen LogP contribution < -0.4 is 0 Å². The van der Waals surface area contributed by atoms with Gasteiger partial charge in [0, 0.05) is 40.3 Å². The smallest absolute Gasteiger partial charge is 0.276 e. The summed E-state index contributed by atoms with van der Waals surface area (Å²) in [6.45, 7) is 9.65. The molecule has 4 rings (SSSR count). The number of hydrogen-bond acceptors (Lipinski definition) is 6. The lowest BCUT2D eigenvalue weighted by molar-refractivity contribution is 0.0616. The molecule has 1 saturated heterocycles. The minimum atomic E-state index is -0.107. The van der Waals surface area contributed by atoms with Gasteiger partial charge in [0.05, 0.1) is 11.4 Å². The van der Waals surface area contributed by atoms with Crippen molar-refractivity contribution in [3.8, 4) is 5.69 Å². The van der Waals surface area contributed by atoms with Crippen LogP contribution in [0.15, 0.2) is 29.4 Å². The predicted molar refractivity (Wildman–Crippen MR) is 131 cm³/mol. The Morgan fingerprint density at radius 1 is 1.03 bits per heavy atom. The Bertz CT molecular complexity index is 1130. The van der Waals surface area contributed by atoms with Crippen molar-refractivity contribution in [2.75, 3.05) is 13.1 Å². The Morgan fingerprint density at radius 2 is 1.64 bits per heavy atom. The molecule has 2 atom stereocenters. The minimum Gasteiger partial charge on any atom is -0.337 e. The Labute approximate surface area is 207 Å². The maximum absolute atomic E-state index is 13.5. The Kier molecular flexibility index (Phi) is 7.26. The molecule has 0 radical (unpaired) electrons. The third-order valence-electron chi connectivity index (χ3n) is 5.51. The number of carbonyl (C=O) groups is 1. The van der Waals surface area contributed by atoms with Gasteiger partial charge in [-0.05, 0) is 56.4 Å². The summed E-state index contributed by atoms with van der Waals surface area (Å²) in [5.41, 5.74) is 3.44. The first-order chi connectivity index (χ1) is 15.7. The quantitative estimate of drug-likeness (QED) is 0.342. The van der Waals surface area contributed by atoms with Crippen LogP contribution in [-0.4, -0.2) is 48.9 Å². The van der Waals surface area contributed by atoms with Crippen molar-refractivity contribution in [1.29, 1.82) is 0 Å². The SMILES string of the molecule is Cc1cc(C)nc(SCc2c(C(=O)N3CC(C)CC(C)C3)nnn2-c2cc(Cl)cc(Cl)c2)n1. The molecular weight excluding hydrogens is 479 g/mol. The zero-order valence-electron chi connectivity index (χ0n) is 19.0. The van der Waals surface area contributed by atoms with E-state index < -0.39 is 0 Å². The van der Waals surface area contributed by atoms with E-state index in [9.17, 15) is 4.79 Å².